The molecule has 2 rings (SSSR count). The zero-order chi connectivity index (χ0) is 15.4. The monoisotopic (exact) mass is 350 g/mol. The highest BCUT2D eigenvalue weighted by Gasteiger charge is 2.10. The van der Waals surface area contributed by atoms with Gasteiger partial charge in [0.25, 0.3) is 0 Å². The number of nitrogens with zero attached hydrogens (tertiary/aromatic N) is 2. The number of hydrogen-bond acceptors (Lipinski definition) is 5. The lowest BCUT2D eigenvalue weighted by atomic mass is 10.1. The van der Waals surface area contributed by atoms with Crippen LogP contribution in [0.5, 0.6) is 5.88 Å². The molecule has 0 spiro atoms. The number of halogens is 1. The Morgan fingerprint density at radius 2 is 1.90 bits per heavy atom. The summed E-state index contributed by atoms with van der Waals surface area (Å²) in [6.07, 6.45) is 2.35. The van der Waals surface area contributed by atoms with Crippen LogP contribution in [-0.4, -0.2) is 16.6 Å². The third kappa shape index (κ3) is 3.64. The van der Waals surface area contributed by atoms with Gasteiger partial charge in [-0.15, -0.1) is 0 Å². The first-order chi connectivity index (χ1) is 10.0. The minimum absolute atomic E-state index is 0.417. The Hall–Kier alpha value is -1.82. The molecule has 5 nitrogen and oxygen atoms in total. The van der Waals surface area contributed by atoms with Crippen LogP contribution in [0.4, 0.5) is 17.2 Å². The zero-order valence-electron chi connectivity index (χ0n) is 12.4. The van der Waals surface area contributed by atoms with Gasteiger partial charge in [-0.1, -0.05) is 22.9 Å². The van der Waals surface area contributed by atoms with Gasteiger partial charge < -0.3 is 15.8 Å². The van der Waals surface area contributed by atoms with Crippen molar-refractivity contribution in [2.45, 2.75) is 27.2 Å². The van der Waals surface area contributed by atoms with Gasteiger partial charge in [0.05, 0.1) is 6.61 Å². The molecule has 0 saturated heterocycles. The molecule has 0 unspecified atom stereocenters. The van der Waals surface area contributed by atoms with E-state index in [1.54, 1.807) is 0 Å². The van der Waals surface area contributed by atoms with Gasteiger partial charge in [-0.3, -0.25) is 0 Å². The predicted octanol–water partition coefficient (Wildman–Crippen LogP) is 3.97. The first-order valence-corrected chi connectivity index (χ1v) is 7.59. The van der Waals surface area contributed by atoms with E-state index in [0.717, 1.165) is 27.7 Å². The van der Waals surface area contributed by atoms with E-state index in [1.165, 1.54) is 6.33 Å². The van der Waals surface area contributed by atoms with Crippen molar-refractivity contribution in [2.24, 2.45) is 0 Å². The predicted molar refractivity (Wildman–Crippen MR) is 89.1 cm³/mol. The van der Waals surface area contributed by atoms with Crippen molar-refractivity contribution >= 4 is 33.1 Å². The molecule has 1 aromatic carbocycles. The third-order valence-corrected chi connectivity index (χ3v) is 4.24. The molecule has 0 fully saturated rings. The molecular weight excluding hydrogens is 332 g/mol. The summed E-state index contributed by atoms with van der Waals surface area (Å²) in [4.78, 5) is 8.25. The van der Waals surface area contributed by atoms with Gasteiger partial charge in [-0.2, -0.15) is 4.98 Å². The molecule has 21 heavy (non-hydrogen) atoms. The number of benzene rings is 1. The molecule has 3 N–H and O–H groups in total. The lowest BCUT2D eigenvalue weighted by Gasteiger charge is -2.13. The Kier molecular flexibility index (Phi) is 5.01. The normalized spacial score (nSPS) is 10.5. The smallest absolute Gasteiger partial charge is 0.242 e. The van der Waals surface area contributed by atoms with Crippen LogP contribution in [0.2, 0.25) is 0 Å². The number of rotatable bonds is 5. The van der Waals surface area contributed by atoms with Crippen LogP contribution in [-0.2, 0) is 0 Å². The van der Waals surface area contributed by atoms with Crippen LogP contribution in [0.15, 0.2) is 22.9 Å². The van der Waals surface area contributed by atoms with Crippen LogP contribution in [0, 0.1) is 13.8 Å². The first-order valence-electron chi connectivity index (χ1n) is 6.80. The largest absolute Gasteiger partial charge is 0.476 e. The Balaban J connectivity index is 2.27. The SMILES string of the molecule is CCCOc1ncnc(Nc2cc(C)c(Br)c(C)c2)c1N. The molecule has 2 aromatic rings. The average molecular weight is 351 g/mol. The van der Waals surface area contributed by atoms with E-state index in [4.69, 9.17) is 10.5 Å². The Morgan fingerprint density at radius 1 is 1.24 bits per heavy atom. The maximum Gasteiger partial charge on any atom is 0.242 e. The molecule has 0 saturated carbocycles. The van der Waals surface area contributed by atoms with Crippen molar-refractivity contribution < 1.29 is 4.74 Å². The molecule has 0 atom stereocenters. The van der Waals surface area contributed by atoms with Crippen molar-refractivity contribution in [3.8, 4) is 5.88 Å². The van der Waals surface area contributed by atoms with Crippen LogP contribution in [0.3, 0.4) is 0 Å². The number of anilines is 3. The maximum absolute atomic E-state index is 6.06. The summed E-state index contributed by atoms with van der Waals surface area (Å²) in [5.74, 6) is 0.970. The number of ether oxygens (including phenoxy) is 1. The number of aromatic nitrogens is 2. The van der Waals surface area contributed by atoms with Crippen LogP contribution < -0.4 is 15.8 Å². The van der Waals surface area contributed by atoms with Crippen LogP contribution in [0.1, 0.15) is 24.5 Å². The fourth-order valence-corrected chi connectivity index (χ4v) is 2.18. The number of aryl methyl sites for hydroxylation is 2. The second kappa shape index (κ2) is 6.76. The summed E-state index contributed by atoms with van der Waals surface area (Å²) >= 11 is 3.56. The molecule has 0 aliphatic heterocycles. The highest BCUT2D eigenvalue weighted by atomic mass is 79.9. The van der Waals surface area contributed by atoms with Crippen LogP contribution in [0.25, 0.3) is 0 Å². The molecular formula is C15H19BrN4O. The minimum atomic E-state index is 0.417. The molecule has 0 radical (unpaired) electrons. The molecule has 1 heterocycles. The molecule has 0 aliphatic rings. The van der Waals surface area contributed by atoms with Gasteiger partial charge in [0, 0.05) is 10.2 Å². The van der Waals surface area contributed by atoms with E-state index in [2.05, 4.69) is 31.2 Å². The van der Waals surface area contributed by atoms with Crippen molar-refractivity contribution in [3.63, 3.8) is 0 Å². The second-order valence-corrected chi connectivity index (χ2v) is 5.63. The van der Waals surface area contributed by atoms with Gasteiger partial charge in [0.2, 0.25) is 5.88 Å². The summed E-state index contributed by atoms with van der Waals surface area (Å²) in [6, 6.07) is 4.07. The summed E-state index contributed by atoms with van der Waals surface area (Å²) in [7, 11) is 0. The average Bonchev–Trinajstić information content (AvgIpc) is 2.45. The Morgan fingerprint density at radius 3 is 2.52 bits per heavy atom. The molecule has 1 aromatic heterocycles. The Bertz CT molecular complexity index is 623. The summed E-state index contributed by atoms with van der Waals surface area (Å²) in [5, 5.41) is 3.22. The van der Waals surface area contributed by atoms with Crippen molar-refractivity contribution in [2.75, 3.05) is 17.7 Å². The molecule has 6 heteroatoms. The van der Waals surface area contributed by atoms with E-state index >= 15 is 0 Å². The number of hydrogen-bond donors (Lipinski definition) is 2. The van der Waals surface area contributed by atoms with Gasteiger partial charge in [0.15, 0.2) is 5.82 Å². The summed E-state index contributed by atoms with van der Waals surface area (Å²) in [5.41, 5.74) is 9.70. The van der Waals surface area contributed by atoms with Crippen molar-refractivity contribution in [1.82, 2.24) is 9.97 Å². The lowest BCUT2D eigenvalue weighted by Crippen LogP contribution is -2.06. The topological polar surface area (TPSA) is 73.1 Å². The minimum Gasteiger partial charge on any atom is -0.476 e. The van der Waals surface area contributed by atoms with Gasteiger partial charge in [-0.05, 0) is 43.5 Å². The highest BCUT2D eigenvalue weighted by molar-refractivity contribution is 9.10. The molecule has 0 bridgehead atoms. The lowest BCUT2D eigenvalue weighted by molar-refractivity contribution is 0.307. The zero-order valence-corrected chi connectivity index (χ0v) is 14.0. The van der Waals surface area contributed by atoms with Crippen molar-refractivity contribution in [3.05, 3.63) is 34.1 Å². The second-order valence-electron chi connectivity index (χ2n) is 4.84. The first kappa shape index (κ1) is 15.6. The summed E-state index contributed by atoms with van der Waals surface area (Å²) in [6.45, 7) is 6.70. The van der Waals surface area contributed by atoms with Crippen LogP contribution >= 0.6 is 15.9 Å². The molecule has 0 aliphatic carbocycles. The van der Waals surface area contributed by atoms with Crippen molar-refractivity contribution in [1.29, 1.82) is 0 Å². The molecule has 112 valence electrons. The van der Waals surface area contributed by atoms with Gasteiger partial charge in [0.1, 0.15) is 12.0 Å². The van der Waals surface area contributed by atoms with Gasteiger partial charge in [-0.25, -0.2) is 4.98 Å². The van der Waals surface area contributed by atoms with E-state index in [0.29, 0.717) is 24.0 Å². The van der Waals surface area contributed by atoms with E-state index < -0.39 is 0 Å². The number of nitrogens with two attached hydrogens (primary N) is 1. The van der Waals surface area contributed by atoms with E-state index in [1.807, 2.05) is 32.9 Å². The fraction of sp³-hybridized carbons (Fsp3) is 0.333. The van der Waals surface area contributed by atoms with E-state index in [-0.39, 0.29) is 0 Å². The van der Waals surface area contributed by atoms with Gasteiger partial charge >= 0.3 is 0 Å². The number of nitrogen functional groups attached to an aromatic ring is 1. The summed E-state index contributed by atoms with van der Waals surface area (Å²) < 4.78 is 6.61. The molecule has 0 amide bonds. The quantitative estimate of drug-likeness (QED) is 0.853. The fourth-order valence-electron chi connectivity index (χ4n) is 1.95. The third-order valence-electron chi connectivity index (χ3n) is 2.99. The number of nitrogens with one attached hydrogen (secondary N) is 1. The highest BCUT2D eigenvalue weighted by Crippen LogP contribution is 2.30. The maximum atomic E-state index is 6.06. The Labute approximate surface area is 133 Å². The standard InChI is InChI=1S/C15H19BrN4O/c1-4-5-21-15-13(17)14(18-8-19-15)20-11-6-9(2)12(16)10(3)7-11/h6-8H,4-5,17H2,1-3H3,(H,18,19,20). The van der Waals surface area contributed by atoms with E-state index in [9.17, 15) is 0 Å².